The molecule has 2 aromatic rings. The molecule has 0 bridgehead atoms. The molecule has 0 saturated carbocycles. The van der Waals surface area contributed by atoms with Gasteiger partial charge in [0.25, 0.3) is 0 Å². The predicted octanol–water partition coefficient (Wildman–Crippen LogP) is 0.278. The van der Waals surface area contributed by atoms with Gasteiger partial charge in [0.1, 0.15) is 12.4 Å². The summed E-state index contributed by atoms with van der Waals surface area (Å²) in [6, 6.07) is 0. The molecule has 2 heterocycles. The van der Waals surface area contributed by atoms with Gasteiger partial charge in [0.05, 0.1) is 13.1 Å². The summed E-state index contributed by atoms with van der Waals surface area (Å²) < 4.78 is 2.72. The number of imidazole rings is 1. The Kier molecular flexibility index (Phi) is 6.08. The molecule has 0 radical (unpaired) electrons. The van der Waals surface area contributed by atoms with E-state index in [4.69, 9.17) is 0 Å². The minimum atomic E-state index is -0.687. The van der Waals surface area contributed by atoms with Gasteiger partial charge in [0.15, 0.2) is 0 Å². The molecule has 2 rings (SSSR count). The first-order chi connectivity index (χ1) is 12.0. The topological polar surface area (TPSA) is 164 Å². The molecule has 13 heteroatoms. The number of nitro groups is 2. The van der Waals surface area contributed by atoms with Crippen molar-refractivity contribution in [3.63, 3.8) is 0 Å². The lowest BCUT2D eigenvalue weighted by molar-refractivity contribution is -0.396. The maximum atomic E-state index is 11.7. The monoisotopic (exact) mass is 352 g/mol. The summed E-state index contributed by atoms with van der Waals surface area (Å²) in [6.07, 6.45) is 5.33. The van der Waals surface area contributed by atoms with E-state index in [2.05, 4.69) is 20.4 Å². The molecule has 0 atom stereocenters. The predicted molar refractivity (Wildman–Crippen MR) is 82.4 cm³/mol. The SMILES string of the molecule is O=C(CCCn1cnc([N+](=O)[O-])n1)NCCCn1ccnc1[N+](=O)[O-]. The maximum Gasteiger partial charge on any atom is 0.490 e. The van der Waals surface area contributed by atoms with E-state index < -0.39 is 15.8 Å². The van der Waals surface area contributed by atoms with Gasteiger partial charge < -0.3 is 25.5 Å². The van der Waals surface area contributed by atoms with E-state index in [9.17, 15) is 25.0 Å². The van der Waals surface area contributed by atoms with Gasteiger partial charge in [0.2, 0.25) is 12.2 Å². The Balaban J connectivity index is 1.61. The molecule has 0 spiro atoms. The van der Waals surface area contributed by atoms with Crippen molar-refractivity contribution in [2.24, 2.45) is 0 Å². The third-order valence-corrected chi connectivity index (χ3v) is 3.23. The van der Waals surface area contributed by atoms with Crippen molar-refractivity contribution < 1.29 is 14.6 Å². The van der Waals surface area contributed by atoms with Crippen molar-refractivity contribution in [2.45, 2.75) is 32.4 Å². The summed E-state index contributed by atoms with van der Waals surface area (Å²) in [4.78, 5) is 38.7. The van der Waals surface area contributed by atoms with Gasteiger partial charge in [-0.1, -0.05) is 9.97 Å². The molecule has 0 aliphatic rings. The maximum absolute atomic E-state index is 11.7. The Morgan fingerprint density at radius 2 is 1.96 bits per heavy atom. The zero-order valence-electron chi connectivity index (χ0n) is 13.1. The molecule has 0 fully saturated rings. The van der Waals surface area contributed by atoms with Crippen LogP contribution in [0.25, 0.3) is 0 Å². The average molecular weight is 352 g/mol. The number of rotatable bonds is 10. The second kappa shape index (κ2) is 8.47. The number of carbonyl (C=O) groups is 1. The summed E-state index contributed by atoms with van der Waals surface area (Å²) in [7, 11) is 0. The van der Waals surface area contributed by atoms with Gasteiger partial charge >= 0.3 is 11.9 Å². The molecule has 1 N–H and O–H groups in total. The van der Waals surface area contributed by atoms with Crippen molar-refractivity contribution in [1.29, 1.82) is 0 Å². The molecule has 0 saturated heterocycles. The van der Waals surface area contributed by atoms with E-state index in [1.807, 2.05) is 0 Å². The zero-order chi connectivity index (χ0) is 18.2. The Morgan fingerprint density at radius 1 is 1.16 bits per heavy atom. The largest absolute Gasteiger partial charge is 0.490 e. The van der Waals surface area contributed by atoms with Gasteiger partial charge in [-0.3, -0.25) is 4.79 Å². The van der Waals surface area contributed by atoms with Crippen molar-refractivity contribution in [3.8, 4) is 0 Å². The number of aryl methyl sites for hydroxylation is 2. The molecule has 0 aromatic carbocycles. The van der Waals surface area contributed by atoms with Crippen LogP contribution in [0.5, 0.6) is 0 Å². The lowest BCUT2D eigenvalue weighted by atomic mass is 10.3. The van der Waals surface area contributed by atoms with E-state index in [0.29, 0.717) is 32.5 Å². The van der Waals surface area contributed by atoms with Gasteiger partial charge in [-0.2, -0.15) is 4.68 Å². The van der Waals surface area contributed by atoms with Gasteiger partial charge in [-0.15, -0.1) is 0 Å². The minimum Gasteiger partial charge on any atom is -0.390 e. The first kappa shape index (κ1) is 18.0. The van der Waals surface area contributed by atoms with E-state index in [-0.39, 0.29) is 18.3 Å². The number of carbonyl (C=O) groups excluding carboxylic acids is 1. The summed E-state index contributed by atoms with van der Waals surface area (Å²) in [5.41, 5.74) is 0. The van der Waals surface area contributed by atoms with E-state index in [1.54, 1.807) is 0 Å². The Bertz CT molecular complexity index is 754. The highest BCUT2D eigenvalue weighted by Gasteiger charge is 2.14. The summed E-state index contributed by atoms with van der Waals surface area (Å²) in [5, 5.41) is 27.5. The number of nitrogens with one attached hydrogen (secondary N) is 1. The highest BCUT2D eigenvalue weighted by atomic mass is 16.6. The van der Waals surface area contributed by atoms with Crippen LogP contribution in [0, 0.1) is 20.2 Å². The second-order valence-electron chi connectivity index (χ2n) is 5.05. The van der Waals surface area contributed by atoms with Crippen LogP contribution >= 0.6 is 0 Å². The second-order valence-corrected chi connectivity index (χ2v) is 5.05. The van der Waals surface area contributed by atoms with Crippen molar-refractivity contribution in [2.75, 3.05) is 6.54 Å². The Morgan fingerprint density at radius 3 is 2.64 bits per heavy atom. The minimum absolute atomic E-state index is 0.172. The molecule has 0 aliphatic heterocycles. The lowest BCUT2D eigenvalue weighted by Gasteiger charge is -2.05. The normalized spacial score (nSPS) is 10.6. The van der Waals surface area contributed by atoms with Crippen LogP contribution in [0.15, 0.2) is 18.7 Å². The van der Waals surface area contributed by atoms with Crippen LogP contribution in [0.3, 0.4) is 0 Å². The summed E-state index contributed by atoms with van der Waals surface area (Å²) >= 11 is 0. The van der Waals surface area contributed by atoms with Crippen molar-refractivity contribution in [1.82, 2.24) is 29.6 Å². The fraction of sp³-hybridized carbons (Fsp3) is 0.500. The summed E-state index contributed by atoms with van der Waals surface area (Å²) in [5.74, 6) is -0.874. The third-order valence-electron chi connectivity index (χ3n) is 3.23. The molecular formula is C12H16N8O5. The number of hydrogen-bond acceptors (Lipinski definition) is 8. The Hall–Kier alpha value is -3.38. The molecule has 0 unspecified atom stereocenters. The van der Waals surface area contributed by atoms with E-state index in [1.165, 1.54) is 28.0 Å². The molecule has 134 valence electrons. The quantitative estimate of drug-likeness (QED) is 0.362. The van der Waals surface area contributed by atoms with Crippen molar-refractivity contribution in [3.05, 3.63) is 38.9 Å². The van der Waals surface area contributed by atoms with Gasteiger partial charge in [0, 0.05) is 18.1 Å². The number of nitrogens with zero attached hydrogens (tertiary/aromatic N) is 7. The first-order valence-electron chi connectivity index (χ1n) is 7.43. The molecule has 25 heavy (non-hydrogen) atoms. The molecule has 0 aliphatic carbocycles. The first-order valence-corrected chi connectivity index (χ1v) is 7.43. The van der Waals surface area contributed by atoms with Gasteiger partial charge in [-0.05, 0) is 22.7 Å². The van der Waals surface area contributed by atoms with Crippen LogP contribution in [0.4, 0.5) is 11.9 Å². The zero-order valence-corrected chi connectivity index (χ0v) is 13.1. The molecule has 1 amide bonds. The highest BCUT2D eigenvalue weighted by Crippen LogP contribution is 2.07. The van der Waals surface area contributed by atoms with E-state index in [0.717, 1.165) is 0 Å². The van der Waals surface area contributed by atoms with Crippen LogP contribution in [-0.2, 0) is 17.9 Å². The fourth-order valence-corrected chi connectivity index (χ4v) is 2.09. The van der Waals surface area contributed by atoms with Crippen LogP contribution in [-0.4, -0.2) is 46.6 Å². The molecular weight excluding hydrogens is 336 g/mol. The smallest absolute Gasteiger partial charge is 0.390 e. The average Bonchev–Trinajstić information content (AvgIpc) is 3.20. The molecule has 13 nitrogen and oxygen atoms in total. The number of aromatic nitrogens is 5. The summed E-state index contributed by atoms with van der Waals surface area (Å²) in [6.45, 7) is 1.09. The number of amides is 1. The van der Waals surface area contributed by atoms with Crippen LogP contribution in [0.1, 0.15) is 19.3 Å². The van der Waals surface area contributed by atoms with Crippen LogP contribution in [0.2, 0.25) is 0 Å². The standard InChI is InChI=1S/C12H16N8O5/c21-10(3-1-7-18-9-15-11(16-18)19(22)23)13-4-2-6-17-8-5-14-12(17)20(24)25/h5,8-9H,1-4,6-7H2,(H,13,21). The van der Waals surface area contributed by atoms with E-state index >= 15 is 0 Å². The Labute approximate surface area is 141 Å². The lowest BCUT2D eigenvalue weighted by Crippen LogP contribution is -2.25. The highest BCUT2D eigenvalue weighted by molar-refractivity contribution is 5.75. The van der Waals surface area contributed by atoms with Crippen LogP contribution < -0.4 is 5.32 Å². The third kappa shape index (κ3) is 5.33. The van der Waals surface area contributed by atoms with Gasteiger partial charge in [-0.25, -0.2) is 4.57 Å². The van der Waals surface area contributed by atoms with Crippen molar-refractivity contribution >= 4 is 17.8 Å². The number of hydrogen-bond donors (Lipinski definition) is 1. The molecule has 2 aromatic heterocycles. The fourth-order valence-electron chi connectivity index (χ4n) is 2.09.